The molecule has 0 aliphatic heterocycles. The Kier molecular flexibility index (Phi) is 14.8. The van der Waals surface area contributed by atoms with Gasteiger partial charge in [0.1, 0.15) is 5.78 Å². The molecular formula is C9H22O4Si. The minimum Gasteiger partial charge on any atom is -0.376 e. The number of rotatable bonds is 6. The summed E-state index contributed by atoms with van der Waals surface area (Å²) in [5, 5.41) is 0. The highest BCUT2D eigenvalue weighted by molar-refractivity contribution is 6.36. The van der Waals surface area contributed by atoms with Crippen LogP contribution in [0.15, 0.2) is 0 Å². The third-order valence-corrected chi connectivity index (χ3v) is 2.72. The normalized spacial score (nSPS) is 9.57. The SMILES string of the molecule is CC(C)=O.CCO[SiH](OCC)OCC. The molecule has 0 bridgehead atoms. The quantitative estimate of drug-likeness (QED) is 0.637. The lowest BCUT2D eigenvalue weighted by molar-refractivity contribution is -0.114. The van der Waals surface area contributed by atoms with Crippen molar-refractivity contribution in [1.82, 2.24) is 0 Å². The molecule has 0 heterocycles. The summed E-state index contributed by atoms with van der Waals surface area (Å²) < 4.78 is 15.7. The number of hydrogen-bond acceptors (Lipinski definition) is 4. The molecule has 0 rings (SSSR count). The molecule has 0 aromatic heterocycles. The van der Waals surface area contributed by atoms with Gasteiger partial charge in [-0.25, -0.2) is 0 Å². The van der Waals surface area contributed by atoms with Gasteiger partial charge < -0.3 is 18.1 Å². The van der Waals surface area contributed by atoms with E-state index in [4.69, 9.17) is 13.3 Å². The van der Waals surface area contributed by atoms with Gasteiger partial charge in [-0.05, 0) is 34.6 Å². The zero-order chi connectivity index (χ0) is 11.4. The second kappa shape index (κ2) is 12.8. The molecule has 0 saturated carbocycles. The average molecular weight is 222 g/mol. The van der Waals surface area contributed by atoms with Gasteiger partial charge in [-0.2, -0.15) is 0 Å². The molecule has 0 fully saturated rings. The smallest absolute Gasteiger partial charge is 0.376 e. The summed E-state index contributed by atoms with van der Waals surface area (Å²) in [6.07, 6.45) is 0. The molecule has 0 aromatic rings. The number of carbonyl (C=O) groups excluding carboxylic acids is 1. The molecule has 14 heavy (non-hydrogen) atoms. The molecule has 0 N–H and O–H groups in total. The summed E-state index contributed by atoms with van der Waals surface area (Å²) in [5.74, 6) is 0.167. The Morgan fingerprint density at radius 2 is 1.14 bits per heavy atom. The molecule has 4 nitrogen and oxygen atoms in total. The zero-order valence-corrected chi connectivity index (χ0v) is 11.0. The van der Waals surface area contributed by atoms with E-state index in [1.54, 1.807) is 0 Å². The first-order chi connectivity index (χ1) is 6.58. The second-order valence-electron chi connectivity index (χ2n) is 2.56. The Labute approximate surface area is 88.5 Å². The predicted molar refractivity (Wildman–Crippen MR) is 58.4 cm³/mol. The summed E-state index contributed by atoms with van der Waals surface area (Å²) in [5.41, 5.74) is 0. The Hall–Kier alpha value is -0.233. The van der Waals surface area contributed by atoms with E-state index >= 15 is 0 Å². The Morgan fingerprint density at radius 3 is 1.29 bits per heavy atom. The van der Waals surface area contributed by atoms with E-state index < -0.39 is 9.53 Å². The molecule has 86 valence electrons. The van der Waals surface area contributed by atoms with Crippen LogP contribution in [0.2, 0.25) is 0 Å². The largest absolute Gasteiger partial charge is 0.484 e. The summed E-state index contributed by atoms with van der Waals surface area (Å²) in [6, 6.07) is 0. The van der Waals surface area contributed by atoms with Crippen LogP contribution >= 0.6 is 0 Å². The van der Waals surface area contributed by atoms with E-state index in [0.717, 1.165) is 0 Å². The van der Waals surface area contributed by atoms with Gasteiger partial charge in [0.15, 0.2) is 0 Å². The van der Waals surface area contributed by atoms with Crippen molar-refractivity contribution in [3.05, 3.63) is 0 Å². The highest BCUT2D eigenvalue weighted by Gasteiger charge is 2.11. The van der Waals surface area contributed by atoms with Crippen LogP contribution < -0.4 is 0 Å². The number of ketones is 1. The van der Waals surface area contributed by atoms with Gasteiger partial charge in [0, 0.05) is 19.8 Å². The van der Waals surface area contributed by atoms with Crippen molar-refractivity contribution in [3.63, 3.8) is 0 Å². The van der Waals surface area contributed by atoms with Crippen molar-refractivity contribution in [1.29, 1.82) is 0 Å². The monoisotopic (exact) mass is 222 g/mol. The molecule has 0 aliphatic rings. The molecule has 0 aromatic carbocycles. The number of Topliss-reactive ketones (excluding diaryl/α,β-unsaturated/α-hetero) is 1. The molecule has 5 heteroatoms. The van der Waals surface area contributed by atoms with Gasteiger partial charge in [0.2, 0.25) is 0 Å². The first-order valence-corrected chi connectivity index (χ1v) is 6.31. The van der Waals surface area contributed by atoms with Crippen LogP contribution in [0.5, 0.6) is 0 Å². The minimum atomic E-state index is -1.73. The van der Waals surface area contributed by atoms with Gasteiger partial charge in [-0.15, -0.1) is 0 Å². The maximum atomic E-state index is 9.44. The van der Waals surface area contributed by atoms with Crippen LogP contribution in [0.1, 0.15) is 34.6 Å². The lowest BCUT2D eigenvalue weighted by atomic mass is 10.6. The van der Waals surface area contributed by atoms with E-state index in [0.29, 0.717) is 19.8 Å². The summed E-state index contributed by atoms with van der Waals surface area (Å²) >= 11 is 0. The van der Waals surface area contributed by atoms with Crippen LogP contribution in [0, 0.1) is 0 Å². The maximum Gasteiger partial charge on any atom is 0.484 e. The van der Waals surface area contributed by atoms with Crippen molar-refractivity contribution < 1.29 is 18.1 Å². The van der Waals surface area contributed by atoms with Gasteiger partial charge in [-0.3, -0.25) is 0 Å². The van der Waals surface area contributed by atoms with Crippen LogP contribution in [-0.4, -0.2) is 35.1 Å². The molecular weight excluding hydrogens is 200 g/mol. The standard InChI is InChI=1S/C6H16O3Si.C3H6O/c1-4-7-10(8-5-2)9-6-3;1-3(2)4/h10H,4-6H2,1-3H3;1-2H3. The summed E-state index contributed by atoms with van der Waals surface area (Å²) in [6.45, 7) is 10.9. The van der Waals surface area contributed by atoms with Gasteiger partial charge >= 0.3 is 9.53 Å². The molecule has 0 radical (unpaired) electrons. The third kappa shape index (κ3) is 17.7. The second-order valence-corrected chi connectivity index (χ2v) is 4.14. The van der Waals surface area contributed by atoms with Crippen molar-refractivity contribution >= 4 is 15.3 Å². The highest BCUT2D eigenvalue weighted by atomic mass is 28.3. The topological polar surface area (TPSA) is 44.8 Å². The fraction of sp³-hybridized carbons (Fsp3) is 0.889. The zero-order valence-electron chi connectivity index (χ0n) is 9.83. The molecule has 0 saturated heterocycles. The molecule has 0 aliphatic carbocycles. The molecule has 0 spiro atoms. The van der Waals surface area contributed by atoms with Gasteiger partial charge in [0.25, 0.3) is 0 Å². The lowest BCUT2D eigenvalue weighted by Gasteiger charge is -2.12. The van der Waals surface area contributed by atoms with Gasteiger partial charge in [-0.1, -0.05) is 0 Å². The van der Waals surface area contributed by atoms with Crippen molar-refractivity contribution in [2.24, 2.45) is 0 Å². The minimum absolute atomic E-state index is 0.167. The van der Waals surface area contributed by atoms with E-state index in [9.17, 15) is 4.79 Å². The van der Waals surface area contributed by atoms with E-state index in [1.165, 1.54) is 13.8 Å². The third-order valence-electron chi connectivity index (χ3n) is 0.908. The van der Waals surface area contributed by atoms with E-state index in [1.807, 2.05) is 20.8 Å². The fourth-order valence-corrected chi connectivity index (χ4v) is 1.66. The van der Waals surface area contributed by atoms with Crippen LogP contribution in [0.3, 0.4) is 0 Å². The van der Waals surface area contributed by atoms with Crippen molar-refractivity contribution in [3.8, 4) is 0 Å². The number of carbonyl (C=O) groups is 1. The Balaban J connectivity index is 0. The summed E-state index contributed by atoms with van der Waals surface area (Å²) in [7, 11) is -1.73. The number of hydrogen-bond donors (Lipinski definition) is 0. The Bertz CT molecular complexity index is 112. The molecule has 0 amide bonds. The average Bonchev–Trinajstić information content (AvgIpc) is 2.04. The lowest BCUT2D eigenvalue weighted by Crippen LogP contribution is -2.27. The first kappa shape index (κ1) is 16.2. The van der Waals surface area contributed by atoms with E-state index in [-0.39, 0.29) is 5.78 Å². The highest BCUT2D eigenvalue weighted by Crippen LogP contribution is 1.90. The van der Waals surface area contributed by atoms with Gasteiger partial charge in [0.05, 0.1) is 0 Å². The van der Waals surface area contributed by atoms with Crippen molar-refractivity contribution in [2.75, 3.05) is 19.8 Å². The van der Waals surface area contributed by atoms with Crippen LogP contribution in [0.4, 0.5) is 0 Å². The van der Waals surface area contributed by atoms with Crippen molar-refractivity contribution in [2.45, 2.75) is 34.6 Å². The Morgan fingerprint density at radius 1 is 0.929 bits per heavy atom. The predicted octanol–water partition coefficient (Wildman–Crippen LogP) is 1.41. The molecule has 0 atom stereocenters. The van der Waals surface area contributed by atoms with Crippen LogP contribution in [-0.2, 0) is 18.1 Å². The van der Waals surface area contributed by atoms with E-state index in [2.05, 4.69) is 0 Å². The fourth-order valence-electron chi connectivity index (χ4n) is 0.553. The first-order valence-electron chi connectivity index (χ1n) is 4.90. The maximum absolute atomic E-state index is 9.44. The van der Waals surface area contributed by atoms with Crippen LogP contribution in [0.25, 0.3) is 0 Å². The molecule has 0 unspecified atom stereocenters. The summed E-state index contributed by atoms with van der Waals surface area (Å²) in [4.78, 5) is 9.44.